The fourth-order valence-electron chi connectivity index (χ4n) is 3.10. The first-order chi connectivity index (χ1) is 10.2. The van der Waals surface area contributed by atoms with Gasteiger partial charge in [-0.25, -0.2) is 0 Å². The van der Waals surface area contributed by atoms with Gasteiger partial charge in [0.1, 0.15) is 12.4 Å². The zero-order valence-electron chi connectivity index (χ0n) is 13.4. The maximum absolute atomic E-state index is 10.7. The third-order valence-corrected chi connectivity index (χ3v) is 4.51. The van der Waals surface area contributed by atoms with Gasteiger partial charge in [-0.15, -0.1) is 0 Å². The van der Waals surface area contributed by atoms with Crippen molar-refractivity contribution in [2.75, 3.05) is 6.61 Å². The Hall–Kier alpha value is -1.02. The van der Waals surface area contributed by atoms with Crippen LogP contribution in [0.3, 0.4) is 0 Å². The first-order valence-corrected chi connectivity index (χ1v) is 8.66. The van der Waals surface area contributed by atoms with E-state index in [1.165, 1.54) is 37.7 Å². The lowest BCUT2D eigenvalue weighted by Crippen LogP contribution is -2.36. The fourth-order valence-corrected chi connectivity index (χ4v) is 3.10. The highest BCUT2D eigenvalue weighted by Crippen LogP contribution is 2.27. The van der Waals surface area contributed by atoms with E-state index in [0.717, 1.165) is 37.9 Å². The number of rotatable bonds is 6. The van der Waals surface area contributed by atoms with Crippen LogP contribution < -0.4 is 4.74 Å². The largest absolute Gasteiger partial charge is 0.491 e. The molecule has 1 aromatic rings. The van der Waals surface area contributed by atoms with Crippen molar-refractivity contribution < 1.29 is 9.84 Å². The minimum absolute atomic E-state index is 0.435. The molecule has 1 saturated carbocycles. The van der Waals surface area contributed by atoms with E-state index in [0.29, 0.717) is 6.61 Å². The summed E-state index contributed by atoms with van der Waals surface area (Å²) in [6.45, 7) is 2.65. The van der Waals surface area contributed by atoms with Crippen LogP contribution >= 0.6 is 0 Å². The second-order valence-electron chi connectivity index (χ2n) is 6.53. The lowest BCUT2D eigenvalue weighted by Gasteiger charge is -2.30. The average Bonchev–Trinajstić information content (AvgIpc) is 2.48. The molecule has 0 heterocycles. The highest BCUT2D eigenvalue weighted by Gasteiger charge is 2.28. The molecular formula is C19H30O2. The Kier molecular flexibility index (Phi) is 6.56. The molecule has 2 heteroatoms. The molecule has 1 aliphatic rings. The lowest BCUT2D eigenvalue weighted by atomic mass is 9.88. The molecule has 0 saturated heterocycles. The Bertz CT molecular complexity index is 406. The van der Waals surface area contributed by atoms with Crippen LogP contribution in [0.5, 0.6) is 5.75 Å². The smallest absolute Gasteiger partial charge is 0.119 e. The zero-order chi connectivity index (χ0) is 15.0. The summed E-state index contributed by atoms with van der Waals surface area (Å²) in [7, 11) is 0. The topological polar surface area (TPSA) is 29.5 Å². The van der Waals surface area contributed by atoms with Gasteiger partial charge >= 0.3 is 0 Å². The van der Waals surface area contributed by atoms with Gasteiger partial charge in [0.2, 0.25) is 0 Å². The Labute approximate surface area is 129 Å². The van der Waals surface area contributed by atoms with Crippen molar-refractivity contribution >= 4 is 0 Å². The molecule has 1 aromatic carbocycles. The van der Waals surface area contributed by atoms with Crippen LogP contribution in [0.25, 0.3) is 0 Å². The second kappa shape index (κ2) is 8.43. The van der Waals surface area contributed by atoms with Gasteiger partial charge in [-0.2, -0.15) is 0 Å². The molecule has 0 bridgehead atoms. The molecule has 0 radical (unpaired) electrons. The molecule has 0 aliphatic heterocycles. The van der Waals surface area contributed by atoms with Gasteiger partial charge in [0.15, 0.2) is 0 Å². The van der Waals surface area contributed by atoms with Crippen molar-refractivity contribution in [2.45, 2.75) is 76.7 Å². The van der Waals surface area contributed by atoms with Gasteiger partial charge in [-0.1, -0.05) is 57.6 Å². The summed E-state index contributed by atoms with van der Waals surface area (Å²) in [6, 6.07) is 8.35. The van der Waals surface area contributed by atoms with E-state index in [2.05, 4.69) is 25.1 Å². The summed E-state index contributed by atoms with van der Waals surface area (Å²) in [5.74, 6) is 0.902. The van der Waals surface area contributed by atoms with Crippen molar-refractivity contribution in [3.8, 4) is 5.75 Å². The fraction of sp³-hybridized carbons (Fsp3) is 0.684. The molecule has 0 atom stereocenters. The van der Waals surface area contributed by atoms with Crippen LogP contribution in [-0.2, 0) is 6.42 Å². The van der Waals surface area contributed by atoms with Gasteiger partial charge in [-0.3, -0.25) is 0 Å². The molecule has 0 aromatic heterocycles. The van der Waals surface area contributed by atoms with E-state index >= 15 is 0 Å². The van der Waals surface area contributed by atoms with Gasteiger partial charge in [0.05, 0.1) is 5.60 Å². The van der Waals surface area contributed by atoms with Gasteiger partial charge in [-0.05, 0) is 43.4 Å². The molecule has 118 valence electrons. The highest BCUT2D eigenvalue weighted by atomic mass is 16.5. The minimum Gasteiger partial charge on any atom is -0.491 e. The van der Waals surface area contributed by atoms with Crippen molar-refractivity contribution in [1.29, 1.82) is 0 Å². The summed E-state index contributed by atoms with van der Waals surface area (Å²) in [5, 5.41) is 10.7. The molecular weight excluding hydrogens is 260 g/mol. The zero-order valence-corrected chi connectivity index (χ0v) is 13.4. The molecule has 1 N–H and O–H groups in total. The molecule has 2 nitrogen and oxygen atoms in total. The first-order valence-electron chi connectivity index (χ1n) is 8.66. The van der Waals surface area contributed by atoms with Crippen molar-refractivity contribution in [1.82, 2.24) is 0 Å². The highest BCUT2D eigenvalue weighted by molar-refractivity contribution is 5.28. The van der Waals surface area contributed by atoms with Crippen LogP contribution in [0.15, 0.2) is 24.3 Å². The molecule has 0 spiro atoms. The van der Waals surface area contributed by atoms with Gasteiger partial charge < -0.3 is 9.84 Å². The van der Waals surface area contributed by atoms with Crippen LogP contribution in [0.2, 0.25) is 0 Å². The Morgan fingerprint density at radius 2 is 1.81 bits per heavy atom. The Balaban J connectivity index is 1.88. The number of benzene rings is 1. The number of aryl methyl sites for hydroxylation is 1. The molecule has 2 rings (SSSR count). The van der Waals surface area contributed by atoms with Crippen LogP contribution in [0.1, 0.15) is 70.3 Å². The maximum atomic E-state index is 10.7. The number of unbranched alkanes of at least 4 members (excludes halogenated alkanes) is 1. The summed E-state index contributed by atoms with van der Waals surface area (Å²) >= 11 is 0. The molecule has 1 aliphatic carbocycles. The summed E-state index contributed by atoms with van der Waals surface area (Å²) < 4.78 is 5.92. The summed E-state index contributed by atoms with van der Waals surface area (Å²) in [4.78, 5) is 0. The second-order valence-corrected chi connectivity index (χ2v) is 6.53. The quantitative estimate of drug-likeness (QED) is 0.808. The van der Waals surface area contributed by atoms with E-state index in [1.807, 2.05) is 6.07 Å². The predicted molar refractivity (Wildman–Crippen MR) is 87.8 cm³/mol. The monoisotopic (exact) mass is 290 g/mol. The van der Waals surface area contributed by atoms with Crippen molar-refractivity contribution in [2.24, 2.45) is 0 Å². The SMILES string of the molecule is CCCCc1cccc(OCC2(O)CCCCCCC2)c1. The van der Waals surface area contributed by atoms with E-state index in [4.69, 9.17) is 4.74 Å². The Morgan fingerprint density at radius 3 is 2.52 bits per heavy atom. The molecule has 0 amide bonds. The van der Waals surface area contributed by atoms with Crippen LogP contribution in [0.4, 0.5) is 0 Å². The maximum Gasteiger partial charge on any atom is 0.119 e. The summed E-state index contributed by atoms with van der Waals surface area (Å²) in [5.41, 5.74) is 0.707. The van der Waals surface area contributed by atoms with Crippen LogP contribution in [0, 0.1) is 0 Å². The lowest BCUT2D eigenvalue weighted by molar-refractivity contribution is -0.0257. The molecule has 21 heavy (non-hydrogen) atoms. The summed E-state index contributed by atoms with van der Waals surface area (Å²) in [6.07, 6.45) is 11.3. The third kappa shape index (κ3) is 5.70. The van der Waals surface area contributed by atoms with E-state index in [1.54, 1.807) is 0 Å². The number of ether oxygens (including phenoxy) is 1. The Morgan fingerprint density at radius 1 is 1.10 bits per heavy atom. The van der Waals surface area contributed by atoms with Crippen molar-refractivity contribution in [3.05, 3.63) is 29.8 Å². The number of aliphatic hydroxyl groups is 1. The van der Waals surface area contributed by atoms with Gasteiger partial charge in [0.25, 0.3) is 0 Å². The van der Waals surface area contributed by atoms with Crippen LogP contribution in [-0.4, -0.2) is 17.3 Å². The number of hydrogen-bond donors (Lipinski definition) is 1. The normalized spacial score (nSPS) is 18.8. The number of hydrogen-bond acceptors (Lipinski definition) is 2. The predicted octanol–water partition coefficient (Wildman–Crippen LogP) is 4.88. The average molecular weight is 290 g/mol. The first kappa shape index (κ1) is 16.4. The standard InChI is InChI=1S/C19H30O2/c1-2-3-10-17-11-9-12-18(15-17)21-16-19(20)13-7-5-4-6-8-14-19/h9,11-12,15,20H,2-8,10,13-14,16H2,1H3. The van der Waals surface area contributed by atoms with Crippen molar-refractivity contribution in [3.63, 3.8) is 0 Å². The van der Waals surface area contributed by atoms with E-state index in [-0.39, 0.29) is 0 Å². The van der Waals surface area contributed by atoms with E-state index in [9.17, 15) is 5.11 Å². The van der Waals surface area contributed by atoms with Gasteiger partial charge in [0, 0.05) is 0 Å². The molecule has 1 fully saturated rings. The minimum atomic E-state index is -0.625. The van der Waals surface area contributed by atoms with E-state index < -0.39 is 5.60 Å². The molecule has 0 unspecified atom stereocenters. The third-order valence-electron chi connectivity index (χ3n) is 4.51.